The van der Waals surface area contributed by atoms with Gasteiger partial charge in [-0.2, -0.15) is 0 Å². The molecular weight excluding hydrogens is 288 g/mol. The second-order valence-electron chi connectivity index (χ2n) is 3.76. The molecule has 0 fully saturated rings. The Bertz CT molecular complexity index is 495. The molecule has 1 unspecified atom stereocenters. The number of ether oxygens (including phenoxy) is 2. The number of halogens is 1. The molecule has 7 nitrogen and oxygen atoms in total. The lowest BCUT2D eigenvalue weighted by molar-refractivity contribution is -0.140. The molecule has 0 bridgehead atoms. The predicted molar refractivity (Wildman–Crippen MR) is 71.2 cm³/mol. The number of aromatic nitrogens is 1. The molecule has 0 aliphatic carbocycles. The van der Waals surface area contributed by atoms with Crippen molar-refractivity contribution < 1.29 is 24.2 Å². The predicted octanol–water partition coefficient (Wildman–Crippen LogP) is 0.963. The third-order valence-corrected chi connectivity index (χ3v) is 2.56. The van der Waals surface area contributed by atoms with Crippen LogP contribution in [0.3, 0.4) is 0 Å². The number of nitrogens with zero attached hydrogens (tertiary/aromatic N) is 1. The number of methoxy groups -OCH3 is 1. The monoisotopic (exact) mass is 302 g/mol. The maximum Gasteiger partial charge on any atom is 0.328 e. The first-order valence-corrected chi connectivity index (χ1v) is 6.18. The van der Waals surface area contributed by atoms with Gasteiger partial charge in [0, 0.05) is 13.3 Å². The van der Waals surface area contributed by atoms with Gasteiger partial charge in [-0.05, 0) is 13.0 Å². The van der Waals surface area contributed by atoms with E-state index in [0.717, 1.165) is 0 Å². The van der Waals surface area contributed by atoms with Gasteiger partial charge in [0.05, 0.1) is 18.8 Å². The summed E-state index contributed by atoms with van der Waals surface area (Å²) >= 11 is 5.90. The van der Waals surface area contributed by atoms with Gasteiger partial charge in [0.15, 0.2) is 6.04 Å². The molecule has 1 aromatic heterocycles. The Morgan fingerprint density at radius 1 is 1.55 bits per heavy atom. The Balaban J connectivity index is 2.81. The number of carboxylic acid groups (broad SMARTS) is 1. The van der Waals surface area contributed by atoms with Crippen molar-refractivity contribution in [3.05, 3.63) is 22.8 Å². The minimum Gasteiger partial charge on any atom is -0.480 e. The van der Waals surface area contributed by atoms with Crippen molar-refractivity contribution in [2.24, 2.45) is 0 Å². The van der Waals surface area contributed by atoms with Crippen molar-refractivity contribution in [3.8, 4) is 5.88 Å². The van der Waals surface area contributed by atoms with Gasteiger partial charge in [0.1, 0.15) is 5.02 Å². The van der Waals surface area contributed by atoms with Gasteiger partial charge in [-0.25, -0.2) is 9.78 Å². The molecule has 0 aromatic carbocycles. The van der Waals surface area contributed by atoms with Gasteiger partial charge in [-0.1, -0.05) is 11.6 Å². The first-order chi connectivity index (χ1) is 9.49. The van der Waals surface area contributed by atoms with Crippen molar-refractivity contribution in [2.45, 2.75) is 13.0 Å². The van der Waals surface area contributed by atoms with E-state index in [1.54, 1.807) is 6.92 Å². The largest absolute Gasteiger partial charge is 0.480 e. The van der Waals surface area contributed by atoms with Crippen LogP contribution in [0.1, 0.15) is 17.3 Å². The van der Waals surface area contributed by atoms with Gasteiger partial charge in [-0.3, -0.25) is 4.79 Å². The van der Waals surface area contributed by atoms with Gasteiger partial charge in [0.2, 0.25) is 5.88 Å². The normalized spacial score (nSPS) is 11.8. The van der Waals surface area contributed by atoms with Crippen molar-refractivity contribution in [1.82, 2.24) is 10.3 Å². The highest BCUT2D eigenvalue weighted by molar-refractivity contribution is 6.32. The van der Waals surface area contributed by atoms with Crippen molar-refractivity contribution in [3.63, 3.8) is 0 Å². The van der Waals surface area contributed by atoms with Crippen LogP contribution >= 0.6 is 11.6 Å². The Kier molecular flexibility index (Phi) is 6.20. The van der Waals surface area contributed by atoms with Gasteiger partial charge in [-0.15, -0.1) is 0 Å². The lowest BCUT2D eigenvalue weighted by Gasteiger charge is -2.13. The number of amides is 1. The minimum absolute atomic E-state index is 0.140. The summed E-state index contributed by atoms with van der Waals surface area (Å²) in [4.78, 5) is 26.7. The van der Waals surface area contributed by atoms with Crippen molar-refractivity contribution in [1.29, 1.82) is 0 Å². The van der Waals surface area contributed by atoms with E-state index < -0.39 is 17.9 Å². The molecule has 8 heteroatoms. The molecule has 20 heavy (non-hydrogen) atoms. The standard InChI is InChI=1S/C12H15ClN2O5/c1-3-20-11-8(13)4-7(5-14-11)10(16)15-9(6-19-2)12(17)18/h4-5,9H,3,6H2,1-2H3,(H,15,16)(H,17,18). The van der Waals surface area contributed by atoms with Gasteiger partial charge >= 0.3 is 5.97 Å². The number of hydrogen-bond acceptors (Lipinski definition) is 5. The van der Waals surface area contributed by atoms with Crippen LogP contribution in [-0.4, -0.2) is 48.3 Å². The van der Waals surface area contributed by atoms with E-state index in [4.69, 9.17) is 26.2 Å². The minimum atomic E-state index is -1.19. The number of carboxylic acids is 1. The summed E-state index contributed by atoms with van der Waals surface area (Å²) in [5.74, 6) is -1.57. The molecule has 110 valence electrons. The maximum absolute atomic E-state index is 11.9. The van der Waals surface area contributed by atoms with E-state index in [0.29, 0.717) is 6.61 Å². The zero-order chi connectivity index (χ0) is 15.1. The second-order valence-corrected chi connectivity index (χ2v) is 4.17. The van der Waals surface area contributed by atoms with Crippen LogP contribution < -0.4 is 10.1 Å². The quantitative estimate of drug-likeness (QED) is 0.778. The van der Waals surface area contributed by atoms with Crippen LogP contribution in [0, 0.1) is 0 Å². The topological polar surface area (TPSA) is 97.8 Å². The lowest BCUT2D eigenvalue weighted by atomic mass is 10.2. The van der Waals surface area contributed by atoms with Crippen LogP contribution in [0.2, 0.25) is 5.02 Å². The third-order valence-electron chi connectivity index (χ3n) is 2.29. The van der Waals surface area contributed by atoms with E-state index >= 15 is 0 Å². The van der Waals surface area contributed by atoms with Gasteiger partial charge < -0.3 is 19.9 Å². The highest BCUT2D eigenvalue weighted by Gasteiger charge is 2.21. The van der Waals surface area contributed by atoms with E-state index in [1.165, 1.54) is 19.4 Å². The summed E-state index contributed by atoms with van der Waals surface area (Å²) in [6, 6.07) is 0.221. The van der Waals surface area contributed by atoms with Crippen molar-refractivity contribution >= 4 is 23.5 Å². The number of hydrogen-bond donors (Lipinski definition) is 2. The van der Waals surface area contributed by atoms with E-state index in [1.807, 2.05) is 0 Å². The fourth-order valence-corrected chi connectivity index (χ4v) is 1.60. The zero-order valence-electron chi connectivity index (χ0n) is 11.1. The number of rotatable bonds is 7. The molecule has 0 aliphatic rings. The van der Waals surface area contributed by atoms with Gasteiger partial charge in [0.25, 0.3) is 5.91 Å². The van der Waals surface area contributed by atoms with Crippen LogP contribution in [-0.2, 0) is 9.53 Å². The van der Waals surface area contributed by atoms with Crippen molar-refractivity contribution in [2.75, 3.05) is 20.3 Å². The zero-order valence-corrected chi connectivity index (χ0v) is 11.8. The smallest absolute Gasteiger partial charge is 0.328 e. The number of nitrogens with one attached hydrogen (secondary N) is 1. The Labute approximate surface area is 120 Å². The summed E-state index contributed by atoms with van der Waals surface area (Å²) in [5.41, 5.74) is 0.140. The van der Waals surface area contributed by atoms with Crippen LogP contribution in [0.4, 0.5) is 0 Å². The number of pyridine rings is 1. The molecule has 1 atom stereocenters. The SMILES string of the molecule is CCOc1ncc(C(=O)NC(COC)C(=O)O)cc1Cl. The number of carbonyl (C=O) groups is 2. The molecule has 0 saturated carbocycles. The van der Waals surface area contributed by atoms with Crippen LogP contribution in [0.15, 0.2) is 12.3 Å². The molecule has 1 heterocycles. The summed E-state index contributed by atoms with van der Waals surface area (Å²) in [5, 5.41) is 11.4. The molecule has 1 amide bonds. The van der Waals surface area contributed by atoms with E-state index in [9.17, 15) is 9.59 Å². The lowest BCUT2D eigenvalue weighted by Crippen LogP contribution is -2.43. The third kappa shape index (κ3) is 4.36. The summed E-state index contributed by atoms with van der Waals surface area (Å²) < 4.78 is 9.86. The molecule has 0 saturated heterocycles. The highest BCUT2D eigenvalue weighted by atomic mass is 35.5. The first-order valence-electron chi connectivity index (χ1n) is 5.80. The number of aliphatic carboxylic acids is 1. The molecule has 0 spiro atoms. The maximum atomic E-state index is 11.9. The molecule has 2 N–H and O–H groups in total. The second kappa shape index (κ2) is 7.66. The van der Waals surface area contributed by atoms with E-state index in [-0.39, 0.29) is 23.1 Å². The molecule has 1 aromatic rings. The molecule has 1 rings (SSSR count). The Morgan fingerprint density at radius 3 is 2.75 bits per heavy atom. The summed E-state index contributed by atoms with van der Waals surface area (Å²) in [6.07, 6.45) is 1.26. The molecule has 0 aliphatic heterocycles. The van der Waals surface area contributed by atoms with Crippen LogP contribution in [0.5, 0.6) is 5.88 Å². The number of carbonyl (C=O) groups excluding carboxylic acids is 1. The average molecular weight is 303 g/mol. The first kappa shape index (κ1) is 16.2. The molecule has 0 radical (unpaired) electrons. The Hall–Kier alpha value is -1.86. The molecular formula is C12H15ClN2O5. The van der Waals surface area contributed by atoms with Crippen LogP contribution in [0.25, 0.3) is 0 Å². The highest BCUT2D eigenvalue weighted by Crippen LogP contribution is 2.22. The van der Waals surface area contributed by atoms with E-state index in [2.05, 4.69) is 10.3 Å². The Morgan fingerprint density at radius 2 is 2.25 bits per heavy atom. The summed E-state index contributed by atoms with van der Waals surface area (Å²) in [6.45, 7) is 2.04. The average Bonchev–Trinajstić information content (AvgIpc) is 2.40. The summed E-state index contributed by atoms with van der Waals surface area (Å²) in [7, 11) is 1.34. The fourth-order valence-electron chi connectivity index (χ4n) is 1.38. The fraction of sp³-hybridized carbons (Fsp3) is 0.417.